The number of oxazole rings is 1. The molecule has 0 unspecified atom stereocenters. The Balaban J connectivity index is 0.944. The van der Waals surface area contributed by atoms with Crippen LogP contribution < -0.4 is 10.6 Å². The van der Waals surface area contributed by atoms with E-state index in [0.29, 0.717) is 49.0 Å². The molecule has 2 aliphatic heterocycles. The van der Waals surface area contributed by atoms with Crippen molar-refractivity contribution in [2.24, 2.45) is 0 Å². The maximum atomic E-state index is 13.4. The van der Waals surface area contributed by atoms with Crippen molar-refractivity contribution in [3.8, 4) is 22.8 Å². The highest BCUT2D eigenvalue weighted by atomic mass is 16.5. The number of anilines is 2. The molecule has 2 aliphatic rings. The van der Waals surface area contributed by atoms with Crippen LogP contribution in [0.15, 0.2) is 120 Å². The second-order valence-electron chi connectivity index (χ2n) is 13.6. The van der Waals surface area contributed by atoms with E-state index in [2.05, 4.69) is 15.6 Å². The zero-order valence-corrected chi connectivity index (χ0v) is 30.7. The Morgan fingerprint density at radius 1 is 0.636 bits per heavy atom. The SMILES string of the molecule is CO[C@@H](C(=O)N1CCC[C@H]1C(=O)Nc1ccc(-c2cnc(-c3ccc(NC(=O)[C@@H]4CCCN4C(=O)[C@H](OC)c4ccccc4)cc3)o2)cc1)c1ccccc1. The number of carbonyl (C=O) groups excluding carboxylic acids is 4. The smallest absolute Gasteiger partial charge is 0.257 e. The fourth-order valence-corrected chi connectivity index (χ4v) is 7.33. The minimum absolute atomic E-state index is 0.230. The van der Waals surface area contributed by atoms with Crippen LogP contribution in [0.5, 0.6) is 0 Å². The molecule has 0 aliphatic carbocycles. The summed E-state index contributed by atoms with van der Waals surface area (Å²) in [6.45, 7) is 0.972. The fraction of sp³-hybridized carbons (Fsp3) is 0.279. The molecule has 282 valence electrons. The molecule has 2 fully saturated rings. The maximum absolute atomic E-state index is 13.4. The first-order chi connectivity index (χ1) is 26.8. The van der Waals surface area contributed by atoms with Gasteiger partial charge in [-0.05, 0) is 85.3 Å². The summed E-state index contributed by atoms with van der Waals surface area (Å²) in [7, 11) is 3.00. The minimum Gasteiger partial charge on any atom is -0.436 e. The Labute approximate surface area is 319 Å². The lowest BCUT2D eigenvalue weighted by Crippen LogP contribution is -2.45. The van der Waals surface area contributed by atoms with Crippen LogP contribution in [-0.2, 0) is 28.7 Å². The van der Waals surface area contributed by atoms with Crippen molar-refractivity contribution in [2.75, 3.05) is 37.9 Å². The molecule has 12 heteroatoms. The van der Waals surface area contributed by atoms with Crippen molar-refractivity contribution in [2.45, 2.75) is 50.0 Å². The molecule has 1 aromatic heterocycles. The standard InChI is InChI=1S/C43H43N5O7/c1-53-37(29-11-5-3-6-12-29)42(51)47-25-9-15-34(47)39(49)45-32-21-17-28(18-22-32)36-27-44-41(55-36)31-19-23-33(24-20-31)46-40(50)35-16-10-26-48(35)43(52)38(54-2)30-13-7-4-8-14-30/h3-8,11-14,17-24,27,34-35,37-38H,9-10,15-16,25-26H2,1-2H3,(H,45,49)(H,46,50)/t34-,35-,37+,38+/m0/s1. The molecule has 0 radical (unpaired) electrons. The van der Waals surface area contributed by atoms with Crippen LogP contribution in [-0.4, -0.2) is 77.8 Å². The van der Waals surface area contributed by atoms with Gasteiger partial charge in [0.15, 0.2) is 18.0 Å². The summed E-state index contributed by atoms with van der Waals surface area (Å²) < 4.78 is 17.2. The van der Waals surface area contributed by atoms with E-state index in [4.69, 9.17) is 13.9 Å². The Kier molecular flexibility index (Phi) is 11.4. The third-order valence-electron chi connectivity index (χ3n) is 10.1. The number of ether oxygens (including phenoxy) is 2. The van der Waals surface area contributed by atoms with E-state index >= 15 is 0 Å². The van der Waals surface area contributed by atoms with E-state index in [1.807, 2.05) is 84.9 Å². The highest BCUT2D eigenvalue weighted by Gasteiger charge is 2.39. The first kappa shape index (κ1) is 37.2. The highest BCUT2D eigenvalue weighted by molar-refractivity contribution is 5.99. The summed E-state index contributed by atoms with van der Waals surface area (Å²) in [5, 5.41) is 5.91. The van der Waals surface area contributed by atoms with Crippen molar-refractivity contribution in [1.29, 1.82) is 0 Å². The van der Waals surface area contributed by atoms with Crippen LogP contribution in [0.3, 0.4) is 0 Å². The zero-order valence-electron chi connectivity index (χ0n) is 30.7. The van der Waals surface area contributed by atoms with E-state index in [0.717, 1.165) is 35.1 Å². The molecule has 4 atom stereocenters. The van der Waals surface area contributed by atoms with Crippen LogP contribution in [0.25, 0.3) is 22.8 Å². The van der Waals surface area contributed by atoms with Gasteiger partial charge in [0.25, 0.3) is 11.8 Å². The average molecular weight is 742 g/mol. The van der Waals surface area contributed by atoms with Crippen molar-refractivity contribution in [1.82, 2.24) is 14.8 Å². The molecule has 55 heavy (non-hydrogen) atoms. The van der Waals surface area contributed by atoms with E-state index in [1.54, 1.807) is 40.3 Å². The van der Waals surface area contributed by atoms with Crippen LogP contribution in [0.1, 0.15) is 49.0 Å². The van der Waals surface area contributed by atoms with Crippen LogP contribution in [0.4, 0.5) is 11.4 Å². The number of nitrogens with zero attached hydrogens (tertiary/aromatic N) is 3. The third kappa shape index (κ3) is 8.20. The van der Waals surface area contributed by atoms with Gasteiger partial charge in [0.2, 0.25) is 17.7 Å². The van der Waals surface area contributed by atoms with Gasteiger partial charge in [-0.2, -0.15) is 0 Å². The van der Waals surface area contributed by atoms with Gasteiger partial charge in [0, 0.05) is 49.8 Å². The van der Waals surface area contributed by atoms with Gasteiger partial charge in [-0.25, -0.2) is 4.98 Å². The molecule has 0 spiro atoms. The average Bonchev–Trinajstić information content (AvgIpc) is 4.02. The quantitative estimate of drug-likeness (QED) is 0.145. The molecule has 4 amide bonds. The fourth-order valence-electron chi connectivity index (χ4n) is 7.33. The van der Waals surface area contributed by atoms with Gasteiger partial charge in [-0.3, -0.25) is 19.2 Å². The number of likely N-dealkylation sites (tertiary alicyclic amines) is 2. The topological polar surface area (TPSA) is 143 Å². The van der Waals surface area contributed by atoms with Crippen molar-refractivity contribution >= 4 is 35.0 Å². The molecule has 7 rings (SSSR count). The molecule has 3 heterocycles. The molecule has 12 nitrogen and oxygen atoms in total. The van der Waals surface area contributed by atoms with E-state index < -0.39 is 24.3 Å². The number of hydrogen-bond acceptors (Lipinski definition) is 8. The monoisotopic (exact) mass is 741 g/mol. The number of carbonyl (C=O) groups is 4. The summed E-state index contributed by atoms with van der Waals surface area (Å²) in [4.78, 5) is 61.2. The summed E-state index contributed by atoms with van der Waals surface area (Å²) >= 11 is 0. The van der Waals surface area contributed by atoms with E-state index in [1.165, 1.54) is 14.2 Å². The first-order valence-electron chi connectivity index (χ1n) is 18.4. The van der Waals surface area contributed by atoms with Crippen LogP contribution in [0.2, 0.25) is 0 Å². The summed E-state index contributed by atoms with van der Waals surface area (Å²) in [5.74, 6) is -0.0201. The number of nitrogens with one attached hydrogen (secondary N) is 2. The van der Waals surface area contributed by atoms with Crippen molar-refractivity contribution in [3.63, 3.8) is 0 Å². The summed E-state index contributed by atoms with van der Waals surface area (Å²) in [6.07, 6.45) is 2.67. The number of methoxy groups -OCH3 is 2. The lowest BCUT2D eigenvalue weighted by atomic mass is 10.1. The largest absolute Gasteiger partial charge is 0.436 e. The Bertz CT molecular complexity index is 1960. The molecule has 2 saturated heterocycles. The van der Waals surface area contributed by atoms with E-state index in [9.17, 15) is 19.2 Å². The Morgan fingerprint density at radius 3 is 1.51 bits per heavy atom. The molecular weight excluding hydrogens is 699 g/mol. The number of benzene rings is 4. The Hall–Kier alpha value is -6.11. The second kappa shape index (κ2) is 16.9. The van der Waals surface area contributed by atoms with Crippen molar-refractivity contribution in [3.05, 3.63) is 127 Å². The number of hydrogen-bond donors (Lipinski definition) is 2. The Morgan fingerprint density at radius 2 is 1.07 bits per heavy atom. The van der Waals surface area contributed by atoms with Gasteiger partial charge >= 0.3 is 0 Å². The van der Waals surface area contributed by atoms with Crippen LogP contribution in [0, 0.1) is 0 Å². The second-order valence-corrected chi connectivity index (χ2v) is 13.6. The lowest BCUT2D eigenvalue weighted by molar-refractivity contribution is -0.146. The lowest BCUT2D eigenvalue weighted by Gasteiger charge is -2.27. The normalized spacial score (nSPS) is 17.8. The van der Waals surface area contributed by atoms with Gasteiger partial charge in [0.1, 0.15) is 12.1 Å². The first-order valence-corrected chi connectivity index (χ1v) is 18.4. The van der Waals surface area contributed by atoms with Gasteiger partial charge in [0.05, 0.1) is 6.20 Å². The minimum atomic E-state index is -0.778. The van der Waals surface area contributed by atoms with Crippen LogP contribution >= 0.6 is 0 Å². The van der Waals surface area contributed by atoms with Gasteiger partial charge in [-0.1, -0.05) is 60.7 Å². The van der Waals surface area contributed by atoms with E-state index in [-0.39, 0.29) is 23.6 Å². The molecule has 4 aromatic carbocycles. The highest BCUT2D eigenvalue weighted by Crippen LogP contribution is 2.31. The number of aromatic nitrogens is 1. The summed E-state index contributed by atoms with van der Waals surface area (Å²) in [6, 6.07) is 31.7. The summed E-state index contributed by atoms with van der Waals surface area (Å²) in [5.41, 5.74) is 4.16. The number of amides is 4. The predicted molar refractivity (Wildman–Crippen MR) is 206 cm³/mol. The zero-order chi connectivity index (χ0) is 38.3. The third-order valence-corrected chi connectivity index (χ3v) is 10.1. The van der Waals surface area contributed by atoms with Gasteiger partial charge in [-0.15, -0.1) is 0 Å². The predicted octanol–water partition coefficient (Wildman–Crippen LogP) is 6.64. The molecule has 0 saturated carbocycles. The van der Waals surface area contributed by atoms with Crippen molar-refractivity contribution < 1.29 is 33.1 Å². The molecule has 2 N–H and O–H groups in total. The van der Waals surface area contributed by atoms with Gasteiger partial charge < -0.3 is 34.3 Å². The number of rotatable bonds is 12. The molecular formula is C43H43N5O7. The molecule has 0 bridgehead atoms. The molecule has 5 aromatic rings. The maximum Gasteiger partial charge on any atom is 0.257 e.